The van der Waals surface area contributed by atoms with Crippen molar-refractivity contribution >= 4 is 46.3 Å². The summed E-state index contributed by atoms with van der Waals surface area (Å²) in [7, 11) is 0. The summed E-state index contributed by atoms with van der Waals surface area (Å²) in [5, 5.41) is 10.5. The van der Waals surface area contributed by atoms with Gasteiger partial charge >= 0.3 is 145 Å². The third-order valence-corrected chi connectivity index (χ3v) is 11.3. The van der Waals surface area contributed by atoms with Gasteiger partial charge in [-0.3, -0.25) is 0 Å². The van der Waals surface area contributed by atoms with E-state index in [0.717, 1.165) is 30.3 Å². The number of benzene rings is 8. The van der Waals surface area contributed by atoms with Gasteiger partial charge in [-0.25, -0.2) is 12.1 Å². The van der Waals surface area contributed by atoms with Gasteiger partial charge in [-0.2, -0.15) is 18.2 Å². The van der Waals surface area contributed by atoms with Crippen LogP contribution in [-0.4, -0.2) is 3.26 Å². The maximum absolute atomic E-state index is 3.48. The van der Waals surface area contributed by atoms with E-state index in [1.54, 1.807) is 0 Å². The van der Waals surface area contributed by atoms with Crippen LogP contribution < -0.4 is 24.8 Å². The molecule has 1 aliphatic carbocycles. The van der Waals surface area contributed by atoms with Crippen molar-refractivity contribution < 1.29 is 48.7 Å². The first kappa shape index (κ1) is 35.3. The van der Waals surface area contributed by atoms with Crippen molar-refractivity contribution in [2.24, 2.45) is 0 Å². The molecule has 0 bridgehead atoms. The Bertz CT molecular complexity index is 2470. The molecule has 0 unspecified atom stereocenters. The van der Waals surface area contributed by atoms with Gasteiger partial charge in [0.1, 0.15) is 0 Å². The summed E-state index contributed by atoms with van der Waals surface area (Å²) in [6.45, 7) is 0. The first-order valence-electron chi connectivity index (χ1n) is 16.4. The molecule has 10 rings (SSSR count). The Morgan fingerprint density at radius 2 is 1.06 bits per heavy atom. The zero-order valence-corrected chi connectivity index (χ0v) is 32.4. The zero-order valence-electron chi connectivity index (χ0n) is 27.3. The second kappa shape index (κ2) is 16.0. The molecule has 0 spiro atoms. The van der Waals surface area contributed by atoms with E-state index in [2.05, 4.69) is 152 Å². The van der Waals surface area contributed by atoms with E-state index in [1.807, 2.05) is 36.4 Å². The number of rotatable bonds is 2. The van der Waals surface area contributed by atoms with Crippen LogP contribution in [0.5, 0.6) is 0 Å². The molecule has 0 heterocycles. The Kier molecular flexibility index (Phi) is 11.3. The Balaban J connectivity index is 0.000000147. The molecular formula is C47H32Cl2Hf-2. The fourth-order valence-corrected chi connectivity index (χ4v) is 8.02. The van der Waals surface area contributed by atoms with E-state index in [9.17, 15) is 0 Å². The third-order valence-electron chi connectivity index (χ3n) is 9.23. The van der Waals surface area contributed by atoms with Crippen molar-refractivity contribution in [3.05, 3.63) is 210 Å². The van der Waals surface area contributed by atoms with Crippen molar-refractivity contribution in [1.82, 2.24) is 0 Å². The van der Waals surface area contributed by atoms with Gasteiger partial charge in [0.05, 0.1) is 0 Å². The predicted octanol–water partition coefficient (Wildman–Crippen LogP) is 5.89. The molecule has 240 valence electrons. The van der Waals surface area contributed by atoms with Crippen molar-refractivity contribution in [3.63, 3.8) is 0 Å². The van der Waals surface area contributed by atoms with E-state index in [4.69, 9.17) is 0 Å². The Labute approximate surface area is 320 Å². The molecule has 50 heavy (non-hydrogen) atoms. The van der Waals surface area contributed by atoms with Crippen LogP contribution in [0.4, 0.5) is 0 Å². The fourth-order valence-electron chi connectivity index (χ4n) is 6.90. The van der Waals surface area contributed by atoms with Crippen LogP contribution in [0, 0.1) is 6.07 Å². The maximum atomic E-state index is 3.48. The third kappa shape index (κ3) is 7.05. The molecule has 0 fully saturated rings. The van der Waals surface area contributed by atoms with Gasteiger partial charge in [-0.1, -0.05) is 53.9 Å². The van der Waals surface area contributed by atoms with Gasteiger partial charge < -0.3 is 24.8 Å². The number of hydrogen-bond acceptors (Lipinski definition) is 0. The summed E-state index contributed by atoms with van der Waals surface area (Å²) in [5.41, 5.74) is 8.37. The van der Waals surface area contributed by atoms with Gasteiger partial charge in [0, 0.05) is 0 Å². The molecule has 0 amide bonds. The minimum absolute atomic E-state index is 0. The number of halogens is 2. The first-order valence-corrected chi connectivity index (χ1v) is 18.2. The van der Waals surface area contributed by atoms with Crippen LogP contribution in [0.25, 0.3) is 54.2 Å². The average Bonchev–Trinajstić information content (AvgIpc) is 3.88. The zero-order chi connectivity index (χ0) is 32.3. The van der Waals surface area contributed by atoms with Crippen molar-refractivity contribution in [1.29, 1.82) is 0 Å². The monoisotopic (exact) mass is 846 g/mol. The first-order chi connectivity index (χ1) is 23.7. The van der Waals surface area contributed by atoms with Crippen LogP contribution in [0.2, 0.25) is 0 Å². The summed E-state index contributed by atoms with van der Waals surface area (Å²) in [5.74, 6) is 0. The normalized spacial score (nSPS) is 10.9. The standard InChI is InChI=1S/C21H13.C21H14.C5H5.2ClH.Hf/c1-2-8-15-14(7-1)13-20-18-11-4-3-9-16(18)17-10-5-6-12-19(17)21(15)20;1-3-7-20-14-16(9-11-18(20)5-1)13-17-10-12-19-6-2-4-8-21(19)15-17;1-2-4-5-3-1;;;/h1-10,12H,13H2;1-12,14-15H;1-5H;2*1H;/q-1;;-1;;;+2/p-2. The number of hydrogen-bond donors (Lipinski definition) is 0. The smallest absolute Gasteiger partial charge is 0.0240 e. The number of fused-ring (bicyclic) bond motifs is 10. The van der Waals surface area contributed by atoms with Crippen LogP contribution in [0.1, 0.15) is 22.3 Å². The molecular weight excluding hydrogens is 814 g/mol. The van der Waals surface area contributed by atoms with E-state index in [-0.39, 0.29) is 24.8 Å². The average molecular weight is 846 g/mol. The van der Waals surface area contributed by atoms with Gasteiger partial charge in [0.25, 0.3) is 0 Å². The summed E-state index contributed by atoms with van der Waals surface area (Å²) in [6, 6.07) is 68.0. The van der Waals surface area contributed by atoms with Gasteiger partial charge in [0.15, 0.2) is 0 Å². The molecule has 0 saturated carbocycles. The molecule has 0 saturated heterocycles. The van der Waals surface area contributed by atoms with E-state index in [1.165, 1.54) is 79.7 Å². The van der Waals surface area contributed by atoms with Gasteiger partial charge in [-0.05, 0) is 28.5 Å². The topological polar surface area (TPSA) is 0 Å². The Morgan fingerprint density at radius 3 is 1.68 bits per heavy atom. The molecule has 9 aromatic rings. The second-order valence-electron chi connectivity index (χ2n) is 12.2. The maximum Gasteiger partial charge on any atom is -0.0240 e. The Hall–Kier alpha value is -4.53. The molecule has 0 nitrogen and oxygen atoms in total. The van der Waals surface area contributed by atoms with E-state index in [0.29, 0.717) is 0 Å². The molecule has 0 aromatic heterocycles. The molecule has 9 aromatic carbocycles. The summed E-state index contributed by atoms with van der Waals surface area (Å²) in [6.07, 6.45) is 1.02. The van der Waals surface area contributed by atoms with Crippen molar-refractivity contribution in [3.8, 4) is 11.1 Å². The summed E-state index contributed by atoms with van der Waals surface area (Å²) < 4.78 is 1.46. The largest absolute Gasteiger partial charge is 0.214 e. The van der Waals surface area contributed by atoms with Crippen molar-refractivity contribution in [2.75, 3.05) is 0 Å². The quantitative estimate of drug-likeness (QED) is 0.116. The van der Waals surface area contributed by atoms with E-state index < -0.39 is 0 Å². The van der Waals surface area contributed by atoms with Gasteiger partial charge in [-0.15, -0.1) is 40.6 Å². The SMILES string of the molecule is [Cl-].[Cl-].[Hf+2]=[C](c1ccc2ccccc2c1)c1ccc2ccccc2c1.[c-]1cccc2c1c1c(c3ccccc32)-c2ccccc2C1.c1cc[cH-]c1. The van der Waals surface area contributed by atoms with Crippen LogP contribution in [0.3, 0.4) is 0 Å². The Morgan fingerprint density at radius 1 is 0.520 bits per heavy atom. The van der Waals surface area contributed by atoms with Crippen molar-refractivity contribution in [2.45, 2.75) is 6.42 Å². The molecule has 1 aliphatic rings. The van der Waals surface area contributed by atoms with Gasteiger partial charge in [0.2, 0.25) is 0 Å². The molecule has 0 aliphatic heterocycles. The molecule has 0 atom stereocenters. The van der Waals surface area contributed by atoms with Crippen LogP contribution in [-0.2, 0) is 30.3 Å². The van der Waals surface area contributed by atoms with Crippen LogP contribution >= 0.6 is 0 Å². The summed E-state index contributed by atoms with van der Waals surface area (Å²) in [4.78, 5) is 0. The minimum Gasteiger partial charge on any atom is -0.214 e. The fraction of sp³-hybridized carbons (Fsp3) is 0.0213. The second-order valence-corrected chi connectivity index (χ2v) is 13.9. The summed E-state index contributed by atoms with van der Waals surface area (Å²) >= 11 is 1.03. The van der Waals surface area contributed by atoms with E-state index >= 15 is 0 Å². The molecule has 0 N–H and O–H groups in total. The molecule has 0 radical (unpaired) electrons. The van der Waals surface area contributed by atoms with Crippen LogP contribution in [0.15, 0.2) is 182 Å². The minimum atomic E-state index is 0. The predicted molar refractivity (Wildman–Crippen MR) is 202 cm³/mol. The molecule has 3 heteroatoms.